The van der Waals surface area contributed by atoms with Crippen LogP contribution in [-0.2, 0) is 0 Å². The normalized spacial score (nSPS) is 9.76. The maximum absolute atomic E-state index is 12.5. The molecule has 0 radical (unpaired) electrons. The molecule has 0 saturated heterocycles. The van der Waals surface area contributed by atoms with Gasteiger partial charge in [-0.1, -0.05) is 0 Å². The molecule has 0 spiro atoms. The van der Waals surface area contributed by atoms with Gasteiger partial charge in [0.2, 0.25) is 0 Å². The van der Waals surface area contributed by atoms with Crippen molar-refractivity contribution in [3.05, 3.63) is 34.8 Å². The molecule has 1 N–H and O–H groups in total. The Labute approximate surface area is 165 Å². The number of carbonyl (C=O) groups is 1. The minimum Gasteiger partial charge on any atom is -0.494 e. The van der Waals surface area contributed by atoms with Crippen LogP contribution in [0.1, 0.15) is 22.3 Å². The molecule has 1 aromatic heterocycles. The quantitative estimate of drug-likeness (QED) is 0.763. The number of carbonyl (C=O) groups excluding carboxylic acids is 1. The third-order valence-electron chi connectivity index (χ3n) is 3.45. The molecule has 1 heterocycles. The predicted octanol–water partition coefficient (Wildman–Crippen LogP) is 3.65. The van der Waals surface area contributed by atoms with Crippen LogP contribution in [0, 0.1) is 6.92 Å². The average Bonchev–Trinajstić information content (AvgIpc) is 2.94. The number of aromatic nitrogens is 1. The number of halogens is 2. The highest BCUT2D eigenvalue weighted by molar-refractivity contribution is 7.17. The Hall–Kier alpha value is -1.34. The van der Waals surface area contributed by atoms with Crippen molar-refractivity contribution in [1.29, 1.82) is 0 Å². The number of hydrogen-bond donors (Lipinski definition) is 1. The van der Waals surface area contributed by atoms with E-state index in [0.717, 1.165) is 28.6 Å². The van der Waals surface area contributed by atoms with E-state index >= 15 is 0 Å². The lowest BCUT2D eigenvalue weighted by Crippen LogP contribution is -2.32. The van der Waals surface area contributed by atoms with Crippen LogP contribution in [-0.4, -0.2) is 49.6 Å². The predicted molar refractivity (Wildman–Crippen MR) is 109 cm³/mol. The van der Waals surface area contributed by atoms with E-state index in [-0.39, 0.29) is 30.7 Å². The van der Waals surface area contributed by atoms with Crippen LogP contribution in [0.25, 0.3) is 10.6 Å². The van der Waals surface area contributed by atoms with Gasteiger partial charge in [-0.3, -0.25) is 4.79 Å². The summed E-state index contributed by atoms with van der Waals surface area (Å²) in [7, 11) is 3.69. The summed E-state index contributed by atoms with van der Waals surface area (Å²) >= 11 is 1.44. The summed E-state index contributed by atoms with van der Waals surface area (Å²) in [5.41, 5.74) is 1.78. The summed E-state index contributed by atoms with van der Waals surface area (Å²) in [5, 5.41) is 3.91. The molecular formula is C17H25Cl2N3O2S. The zero-order valence-electron chi connectivity index (χ0n) is 14.9. The van der Waals surface area contributed by atoms with E-state index in [1.807, 2.05) is 52.2 Å². The van der Waals surface area contributed by atoms with Gasteiger partial charge in [0.15, 0.2) is 0 Å². The molecule has 2 rings (SSSR count). The second-order valence-corrected chi connectivity index (χ2v) is 6.22. The van der Waals surface area contributed by atoms with E-state index in [9.17, 15) is 4.79 Å². The van der Waals surface area contributed by atoms with E-state index in [0.29, 0.717) is 18.0 Å². The SMILES string of the molecule is CCOc1ccc(-c2nc(C)c(C(=O)N(C)CCNC)s2)cc1.Cl.Cl. The lowest BCUT2D eigenvalue weighted by atomic mass is 10.2. The number of hydrogen-bond acceptors (Lipinski definition) is 5. The number of nitrogens with zero attached hydrogens (tertiary/aromatic N) is 2. The summed E-state index contributed by atoms with van der Waals surface area (Å²) in [6.45, 7) is 5.93. The zero-order chi connectivity index (χ0) is 16.8. The first-order chi connectivity index (χ1) is 11.1. The molecule has 0 bridgehead atoms. The lowest BCUT2D eigenvalue weighted by Gasteiger charge is -2.15. The van der Waals surface area contributed by atoms with Gasteiger partial charge in [-0.2, -0.15) is 0 Å². The van der Waals surface area contributed by atoms with Gasteiger partial charge in [-0.15, -0.1) is 36.2 Å². The molecular weight excluding hydrogens is 381 g/mol. The Bertz CT molecular complexity index is 662. The smallest absolute Gasteiger partial charge is 0.265 e. The third kappa shape index (κ3) is 6.15. The highest BCUT2D eigenvalue weighted by Crippen LogP contribution is 2.29. The molecule has 1 amide bonds. The largest absolute Gasteiger partial charge is 0.494 e. The van der Waals surface area contributed by atoms with Gasteiger partial charge in [0.25, 0.3) is 5.91 Å². The van der Waals surface area contributed by atoms with E-state index < -0.39 is 0 Å². The van der Waals surface area contributed by atoms with Gasteiger partial charge < -0.3 is 15.0 Å². The topological polar surface area (TPSA) is 54.5 Å². The van der Waals surface area contributed by atoms with Crippen molar-refractivity contribution in [3.63, 3.8) is 0 Å². The van der Waals surface area contributed by atoms with Crippen molar-refractivity contribution in [1.82, 2.24) is 15.2 Å². The Morgan fingerprint density at radius 1 is 1.28 bits per heavy atom. The summed E-state index contributed by atoms with van der Waals surface area (Å²) in [6, 6.07) is 7.80. The molecule has 140 valence electrons. The number of thiazole rings is 1. The molecule has 1 aromatic carbocycles. The fourth-order valence-electron chi connectivity index (χ4n) is 2.13. The molecule has 0 saturated carbocycles. The number of ether oxygens (including phenoxy) is 1. The van der Waals surface area contributed by atoms with Crippen molar-refractivity contribution < 1.29 is 9.53 Å². The molecule has 0 unspecified atom stereocenters. The molecule has 8 heteroatoms. The molecule has 25 heavy (non-hydrogen) atoms. The van der Waals surface area contributed by atoms with Gasteiger partial charge in [-0.25, -0.2) is 4.98 Å². The van der Waals surface area contributed by atoms with Crippen LogP contribution in [0.5, 0.6) is 5.75 Å². The van der Waals surface area contributed by atoms with E-state index in [2.05, 4.69) is 10.3 Å². The van der Waals surface area contributed by atoms with Crippen LogP contribution >= 0.6 is 36.2 Å². The molecule has 2 aromatic rings. The van der Waals surface area contributed by atoms with Crippen LogP contribution < -0.4 is 10.1 Å². The zero-order valence-corrected chi connectivity index (χ0v) is 17.3. The van der Waals surface area contributed by atoms with Crippen LogP contribution in [0.15, 0.2) is 24.3 Å². The lowest BCUT2D eigenvalue weighted by molar-refractivity contribution is 0.0800. The number of aryl methyl sites for hydroxylation is 1. The van der Waals surface area contributed by atoms with E-state index in [4.69, 9.17) is 4.74 Å². The molecule has 0 aliphatic carbocycles. The third-order valence-corrected chi connectivity index (χ3v) is 4.64. The van der Waals surface area contributed by atoms with E-state index in [1.165, 1.54) is 11.3 Å². The molecule has 0 fully saturated rings. The summed E-state index contributed by atoms with van der Waals surface area (Å²) in [5.74, 6) is 0.861. The molecule has 0 aliphatic heterocycles. The van der Waals surface area contributed by atoms with Gasteiger partial charge in [0.1, 0.15) is 15.6 Å². The Morgan fingerprint density at radius 3 is 2.48 bits per heavy atom. The number of benzene rings is 1. The number of likely N-dealkylation sites (N-methyl/N-ethyl adjacent to an activating group) is 2. The van der Waals surface area contributed by atoms with Gasteiger partial charge in [0, 0.05) is 25.7 Å². The maximum Gasteiger partial charge on any atom is 0.265 e. The van der Waals surface area contributed by atoms with Crippen LogP contribution in [0.4, 0.5) is 0 Å². The minimum atomic E-state index is 0. The first-order valence-electron chi connectivity index (χ1n) is 7.67. The summed E-state index contributed by atoms with van der Waals surface area (Å²) in [6.07, 6.45) is 0. The number of amides is 1. The summed E-state index contributed by atoms with van der Waals surface area (Å²) < 4.78 is 5.45. The molecule has 5 nitrogen and oxygen atoms in total. The average molecular weight is 406 g/mol. The monoisotopic (exact) mass is 405 g/mol. The Kier molecular flexibility index (Phi) is 10.7. The number of rotatable bonds is 7. The second kappa shape index (κ2) is 11.3. The minimum absolute atomic E-state index is 0. The van der Waals surface area contributed by atoms with Gasteiger partial charge in [-0.05, 0) is 45.2 Å². The number of nitrogens with one attached hydrogen (secondary N) is 1. The fraction of sp³-hybridized carbons (Fsp3) is 0.412. The van der Waals surface area contributed by atoms with Crippen molar-refractivity contribution in [2.75, 3.05) is 33.8 Å². The first kappa shape index (κ1) is 23.7. The first-order valence-corrected chi connectivity index (χ1v) is 8.49. The molecule has 0 atom stereocenters. The standard InChI is InChI=1S/C17H23N3O2S.2ClH/c1-5-22-14-8-6-13(7-9-14)16-19-12(2)15(23-16)17(21)20(4)11-10-18-3;;/h6-9,18H,5,10-11H2,1-4H3;2*1H. The van der Waals surface area contributed by atoms with Crippen molar-refractivity contribution in [2.45, 2.75) is 13.8 Å². The van der Waals surface area contributed by atoms with Crippen LogP contribution in [0.3, 0.4) is 0 Å². The fourth-order valence-corrected chi connectivity index (χ4v) is 3.20. The highest BCUT2D eigenvalue weighted by Gasteiger charge is 2.19. The second-order valence-electron chi connectivity index (χ2n) is 5.22. The van der Waals surface area contributed by atoms with Crippen molar-refractivity contribution in [2.24, 2.45) is 0 Å². The van der Waals surface area contributed by atoms with Crippen molar-refractivity contribution in [3.8, 4) is 16.3 Å². The maximum atomic E-state index is 12.5. The Balaban J connectivity index is 0.00000288. The van der Waals surface area contributed by atoms with Gasteiger partial charge in [0.05, 0.1) is 12.3 Å². The van der Waals surface area contributed by atoms with Crippen molar-refractivity contribution >= 4 is 42.1 Å². The Morgan fingerprint density at radius 2 is 1.92 bits per heavy atom. The highest BCUT2D eigenvalue weighted by atomic mass is 35.5. The van der Waals surface area contributed by atoms with Gasteiger partial charge >= 0.3 is 0 Å². The summed E-state index contributed by atoms with van der Waals surface area (Å²) in [4.78, 5) is 19.5. The van der Waals surface area contributed by atoms with Crippen LogP contribution in [0.2, 0.25) is 0 Å². The molecule has 0 aliphatic rings. The van der Waals surface area contributed by atoms with E-state index in [1.54, 1.807) is 4.90 Å².